The van der Waals surface area contributed by atoms with E-state index >= 15 is 0 Å². The van der Waals surface area contributed by atoms with Crippen LogP contribution >= 0.6 is 23.2 Å². The van der Waals surface area contributed by atoms with E-state index in [2.05, 4.69) is 4.74 Å². The highest BCUT2D eigenvalue weighted by Crippen LogP contribution is 2.68. The van der Waals surface area contributed by atoms with E-state index < -0.39 is 35.2 Å². The maximum atomic E-state index is 13.2. The third-order valence-corrected chi connectivity index (χ3v) is 4.81. The molecular weight excluding hydrogens is 344 g/mol. The van der Waals surface area contributed by atoms with Crippen LogP contribution in [0.15, 0.2) is 18.2 Å². The number of hydrogen-bond donors (Lipinski definition) is 0. The molecule has 3 nitrogen and oxygen atoms in total. The van der Waals surface area contributed by atoms with Gasteiger partial charge in [-0.15, -0.1) is 0 Å². The highest BCUT2D eigenvalue weighted by atomic mass is 35.5. The summed E-state index contributed by atoms with van der Waals surface area (Å²) >= 11 is 11.5. The molecule has 0 spiro atoms. The van der Waals surface area contributed by atoms with Crippen LogP contribution in [0.5, 0.6) is 0 Å². The number of alkyl halides is 3. The highest BCUT2D eigenvalue weighted by Gasteiger charge is 2.80. The van der Waals surface area contributed by atoms with Gasteiger partial charge in [-0.25, -0.2) is 0 Å². The van der Waals surface area contributed by atoms with Crippen molar-refractivity contribution in [1.29, 1.82) is 0 Å². The lowest BCUT2D eigenvalue weighted by Gasteiger charge is -2.15. The molecule has 0 saturated heterocycles. The van der Waals surface area contributed by atoms with E-state index in [1.807, 2.05) is 0 Å². The Morgan fingerprint density at radius 1 is 1.18 bits per heavy atom. The number of rotatable bonds is 3. The van der Waals surface area contributed by atoms with Gasteiger partial charge in [-0.1, -0.05) is 23.2 Å². The van der Waals surface area contributed by atoms with Gasteiger partial charge in [0, 0.05) is 5.56 Å². The van der Waals surface area contributed by atoms with Gasteiger partial charge in [0.25, 0.3) is 0 Å². The van der Waals surface area contributed by atoms with Crippen LogP contribution in [0.4, 0.5) is 13.2 Å². The molecule has 0 bridgehead atoms. The number of carbonyl (C=O) groups is 2. The zero-order valence-corrected chi connectivity index (χ0v) is 13.0. The van der Waals surface area contributed by atoms with Crippen molar-refractivity contribution in [3.8, 4) is 0 Å². The molecule has 8 heteroatoms. The third-order valence-electron chi connectivity index (χ3n) is 4.07. The minimum absolute atomic E-state index is 0.0266. The number of benzene rings is 1. The molecule has 0 amide bonds. The van der Waals surface area contributed by atoms with Crippen molar-refractivity contribution in [2.45, 2.75) is 13.1 Å². The normalized spacial score (nSPS) is 27.4. The second-order valence-corrected chi connectivity index (χ2v) is 6.07. The van der Waals surface area contributed by atoms with Gasteiger partial charge in [-0.05, 0) is 25.1 Å². The maximum absolute atomic E-state index is 13.2. The Hall–Kier alpha value is -1.27. The highest BCUT2D eigenvalue weighted by molar-refractivity contribution is 6.42. The van der Waals surface area contributed by atoms with Crippen LogP contribution in [0.25, 0.3) is 0 Å². The van der Waals surface area contributed by atoms with Crippen LogP contribution in [0.2, 0.25) is 10.0 Å². The van der Waals surface area contributed by atoms with E-state index in [1.54, 1.807) is 0 Å². The first kappa shape index (κ1) is 17.1. The largest absolute Gasteiger partial charge is 0.469 e. The molecule has 0 aromatic heterocycles. The van der Waals surface area contributed by atoms with Crippen LogP contribution in [0.1, 0.15) is 17.3 Å². The molecule has 0 heterocycles. The first-order valence-corrected chi connectivity index (χ1v) is 6.95. The quantitative estimate of drug-likeness (QED) is 0.604. The average Bonchev–Trinajstić information content (AvgIpc) is 3.08. The minimum atomic E-state index is -4.71. The number of ketones is 1. The van der Waals surface area contributed by atoms with Gasteiger partial charge in [0.2, 0.25) is 0 Å². The molecule has 1 aliphatic carbocycles. The molecule has 1 aliphatic rings. The van der Waals surface area contributed by atoms with Crippen LogP contribution < -0.4 is 0 Å². The topological polar surface area (TPSA) is 43.4 Å². The molecule has 2 rings (SSSR count). The van der Waals surface area contributed by atoms with Gasteiger partial charge in [-0.3, -0.25) is 9.59 Å². The van der Waals surface area contributed by atoms with E-state index in [9.17, 15) is 22.8 Å². The Kier molecular flexibility index (Phi) is 4.21. The minimum Gasteiger partial charge on any atom is -0.469 e. The second-order valence-electron chi connectivity index (χ2n) is 5.25. The monoisotopic (exact) mass is 354 g/mol. The standard InChI is InChI=1S/C14H11Cl2F3O3/c1-13(14(17,18)19)9(10(13)12(21)22-2)11(20)6-3-4-7(15)8(16)5-6/h3-5,9-10H,1-2H3. The lowest BCUT2D eigenvalue weighted by Crippen LogP contribution is -2.27. The van der Waals surface area contributed by atoms with Crippen LogP contribution in [-0.4, -0.2) is 25.0 Å². The van der Waals surface area contributed by atoms with Crippen molar-refractivity contribution >= 4 is 35.0 Å². The molecule has 1 saturated carbocycles. The predicted octanol–water partition coefficient (Wildman–Crippen LogP) is 4.16. The van der Waals surface area contributed by atoms with E-state index in [-0.39, 0.29) is 15.6 Å². The number of carbonyl (C=O) groups excluding carboxylic acids is 2. The van der Waals surface area contributed by atoms with Crippen molar-refractivity contribution in [2.24, 2.45) is 17.3 Å². The third kappa shape index (κ3) is 2.48. The molecule has 1 aromatic rings. The number of esters is 1. The van der Waals surface area contributed by atoms with E-state index in [1.165, 1.54) is 18.2 Å². The fraction of sp³-hybridized carbons (Fsp3) is 0.429. The van der Waals surface area contributed by atoms with E-state index in [4.69, 9.17) is 23.2 Å². The van der Waals surface area contributed by atoms with Gasteiger partial charge in [0.15, 0.2) is 5.78 Å². The molecule has 120 valence electrons. The van der Waals surface area contributed by atoms with Crippen molar-refractivity contribution in [2.75, 3.05) is 7.11 Å². The molecule has 3 atom stereocenters. The summed E-state index contributed by atoms with van der Waals surface area (Å²) in [5.41, 5.74) is -2.47. The van der Waals surface area contributed by atoms with Gasteiger partial charge in [0.1, 0.15) is 0 Å². The number of ether oxygens (including phenoxy) is 1. The summed E-state index contributed by atoms with van der Waals surface area (Å²) in [4.78, 5) is 23.9. The van der Waals surface area contributed by atoms with Crippen molar-refractivity contribution in [3.05, 3.63) is 33.8 Å². The Morgan fingerprint density at radius 2 is 1.77 bits per heavy atom. The first-order valence-electron chi connectivity index (χ1n) is 6.19. The smallest absolute Gasteiger partial charge is 0.395 e. The lowest BCUT2D eigenvalue weighted by molar-refractivity contribution is -0.192. The first-order chi connectivity index (χ1) is 10.1. The van der Waals surface area contributed by atoms with Crippen LogP contribution in [-0.2, 0) is 9.53 Å². The molecule has 0 aliphatic heterocycles. The Morgan fingerprint density at radius 3 is 2.23 bits per heavy atom. The number of methoxy groups -OCH3 is 1. The second kappa shape index (κ2) is 5.42. The molecule has 1 fully saturated rings. The average molecular weight is 355 g/mol. The number of Topliss-reactive ketones (excluding diaryl/α,β-unsaturated/α-hetero) is 1. The Labute approximate surface area is 134 Å². The van der Waals surface area contributed by atoms with Crippen molar-refractivity contribution in [3.63, 3.8) is 0 Å². The summed E-state index contributed by atoms with van der Waals surface area (Å²) in [6, 6.07) is 3.78. The van der Waals surface area contributed by atoms with Gasteiger partial charge in [0.05, 0.1) is 34.4 Å². The summed E-state index contributed by atoms with van der Waals surface area (Å²) in [5, 5.41) is 0.230. The summed E-state index contributed by atoms with van der Waals surface area (Å²) in [5.74, 6) is -4.95. The van der Waals surface area contributed by atoms with E-state index in [0.717, 1.165) is 14.0 Å². The van der Waals surface area contributed by atoms with Gasteiger partial charge >= 0.3 is 12.1 Å². The zero-order chi connectivity index (χ0) is 16.9. The fourth-order valence-electron chi connectivity index (χ4n) is 2.63. The number of hydrogen-bond acceptors (Lipinski definition) is 3. The SMILES string of the molecule is COC(=O)C1C(C(=O)c2ccc(Cl)c(Cl)c2)C1(C)C(F)(F)F. The Bertz CT molecular complexity index is 645. The molecule has 3 unspecified atom stereocenters. The van der Waals surface area contributed by atoms with Crippen LogP contribution in [0.3, 0.4) is 0 Å². The molecule has 0 N–H and O–H groups in total. The summed E-state index contributed by atoms with van der Waals surface area (Å²) < 4.78 is 44.1. The lowest BCUT2D eigenvalue weighted by atomic mass is 9.99. The predicted molar refractivity (Wildman–Crippen MR) is 74.0 cm³/mol. The Balaban J connectivity index is 2.39. The summed E-state index contributed by atoms with van der Waals surface area (Å²) in [6.45, 7) is 0.842. The van der Waals surface area contributed by atoms with Crippen molar-refractivity contribution < 1.29 is 27.5 Å². The maximum Gasteiger partial charge on any atom is 0.395 e. The van der Waals surface area contributed by atoms with Crippen molar-refractivity contribution in [1.82, 2.24) is 0 Å². The summed E-state index contributed by atoms with van der Waals surface area (Å²) in [6.07, 6.45) is -4.71. The molecule has 1 aromatic carbocycles. The molecular formula is C14H11Cl2F3O3. The van der Waals surface area contributed by atoms with Gasteiger partial charge in [-0.2, -0.15) is 13.2 Å². The fourth-order valence-corrected chi connectivity index (χ4v) is 2.92. The zero-order valence-electron chi connectivity index (χ0n) is 11.5. The summed E-state index contributed by atoms with van der Waals surface area (Å²) in [7, 11) is 0.984. The number of halogens is 5. The molecule has 22 heavy (non-hydrogen) atoms. The van der Waals surface area contributed by atoms with E-state index in [0.29, 0.717) is 0 Å². The molecule has 0 radical (unpaired) electrons. The van der Waals surface area contributed by atoms with Gasteiger partial charge < -0.3 is 4.74 Å². The van der Waals surface area contributed by atoms with Crippen LogP contribution in [0, 0.1) is 17.3 Å².